The van der Waals surface area contributed by atoms with Gasteiger partial charge in [-0.2, -0.15) is 0 Å². The van der Waals surface area contributed by atoms with Crippen LogP contribution in [0.2, 0.25) is 0 Å². The predicted molar refractivity (Wildman–Crippen MR) is 57.4 cm³/mol. The van der Waals surface area contributed by atoms with E-state index in [0.717, 1.165) is 25.7 Å². The number of carbonyl (C=O) groups excluding carboxylic acids is 1. The van der Waals surface area contributed by atoms with E-state index >= 15 is 0 Å². The maximum atomic E-state index is 11.2. The predicted octanol–water partition coefficient (Wildman–Crippen LogP) is 0.485. The van der Waals surface area contributed by atoms with Crippen LogP contribution in [-0.2, 0) is 9.59 Å². The zero-order valence-electron chi connectivity index (χ0n) is 9.16. The molecular weight excluding hydrogens is 196 g/mol. The van der Waals surface area contributed by atoms with Gasteiger partial charge < -0.3 is 16.2 Å². The number of carboxylic acids is 1. The van der Waals surface area contributed by atoms with Crippen molar-refractivity contribution < 1.29 is 14.7 Å². The van der Waals surface area contributed by atoms with Gasteiger partial charge in [0.15, 0.2) is 0 Å². The topological polar surface area (TPSA) is 92.4 Å². The molecule has 0 fully saturated rings. The van der Waals surface area contributed by atoms with E-state index in [9.17, 15) is 9.59 Å². The lowest BCUT2D eigenvalue weighted by molar-refractivity contribution is -0.141. The molecule has 0 aliphatic carbocycles. The zero-order valence-corrected chi connectivity index (χ0v) is 9.16. The minimum atomic E-state index is -1.01. The first-order valence-corrected chi connectivity index (χ1v) is 5.30. The summed E-state index contributed by atoms with van der Waals surface area (Å²) in [6.45, 7) is 2.14. The Morgan fingerprint density at radius 2 is 1.87 bits per heavy atom. The van der Waals surface area contributed by atoms with E-state index in [1.54, 1.807) is 0 Å². The van der Waals surface area contributed by atoms with Gasteiger partial charge in [0.1, 0.15) is 6.04 Å². The molecule has 4 N–H and O–H groups in total. The molecule has 0 aromatic carbocycles. The quantitative estimate of drug-likeness (QED) is 0.515. The second-order valence-corrected chi connectivity index (χ2v) is 3.58. The molecule has 0 saturated carbocycles. The lowest BCUT2D eigenvalue weighted by Gasteiger charge is -2.08. The maximum Gasteiger partial charge on any atom is 0.325 e. The van der Waals surface area contributed by atoms with Gasteiger partial charge in [-0.1, -0.05) is 12.8 Å². The van der Waals surface area contributed by atoms with Gasteiger partial charge in [-0.05, 0) is 26.3 Å². The highest BCUT2D eigenvalue weighted by Gasteiger charge is 2.12. The largest absolute Gasteiger partial charge is 0.480 e. The van der Waals surface area contributed by atoms with Crippen LogP contribution in [0.4, 0.5) is 0 Å². The van der Waals surface area contributed by atoms with Crippen LogP contribution in [0.3, 0.4) is 0 Å². The molecule has 0 saturated heterocycles. The van der Waals surface area contributed by atoms with E-state index in [1.807, 2.05) is 0 Å². The Morgan fingerprint density at radius 1 is 1.27 bits per heavy atom. The van der Waals surface area contributed by atoms with Crippen molar-refractivity contribution in [2.24, 2.45) is 5.73 Å². The molecule has 15 heavy (non-hydrogen) atoms. The molecule has 1 atom stereocenters. The van der Waals surface area contributed by atoms with E-state index in [2.05, 4.69) is 5.32 Å². The van der Waals surface area contributed by atoms with Crippen molar-refractivity contribution in [1.82, 2.24) is 5.32 Å². The summed E-state index contributed by atoms with van der Waals surface area (Å²) in [6, 6.07) is -0.804. The number of hydrogen-bond acceptors (Lipinski definition) is 3. The van der Waals surface area contributed by atoms with Crippen LogP contribution in [0.25, 0.3) is 0 Å². The third kappa shape index (κ3) is 7.93. The van der Waals surface area contributed by atoms with E-state index in [0.29, 0.717) is 13.0 Å². The molecule has 5 nitrogen and oxygen atoms in total. The van der Waals surface area contributed by atoms with Crippen molar-refractivity contribution in [2.75, 3.05) is 6.54 Å². The number of carboxylic acid groups (broad SMARTS) is 1. The summed E-state index contributed by atoms with van der Waals surface area (Å²) >= 11 is 0. The fourth-order valence-electron chi connectivity index (χ4n) is 1.16. The van der Waals surface area contributed by atoms with Crippen LogP contribution in [0.5, 0.6) is 0 Å². The number of unbranched alkanes of at least 4 members (excludes halogenated alkanes) is 3. The Balaban J connectivity index is 3.45. The Kier molecular flexibility index (Phi) is 7.62. The van der Waals surface area contributed by atoms with Crippen molar-refractivity contribution in [2.45, 2.75) is 45.1 Å². The third-order valence-electron chi connectivity index (χ3n) is 2.11. The molecule has 0 aliphatic rings. The Labute approximate surface area is 90.0 Å². The number of rotatable bonds is 8. The van der Waals surface area contributed by atoms with Gasteiger partial charge in [-0.25, -0.2) is 0 Å². The molecule has 0 aromatic rings. The fraction of sp³-hybridized carbons (Fsp3) is 0.800. The first-order valence-electron chi connectivity index (χ1n) is 5.30. The molecule has 0 bridgehead atoms. The van der Waals surface area contributed by atoms with Gasteiger partial charge >= 0.3 is 5.97 Å². The number of nitrogens with two attached hydrogens (primary N) is 1. The molecule has 88 valence electrons. The molecule has 5 heteroatoms. The van der Waals surface area contributed by atoms with E-state index < -0.39 is 12.0 Å². The minimum absolute atomic E-state index is 0.197. The van der Waals surface area contributed by atoms with Crippen LogP contribution in [0, 0.1) is 0 Å². The van der Waals surface area contributed by atoms with Gasteiger partial charge in [0.25, 0.3) is 0 Å². The van der Waals surface area contributed by atoms with E-state index in [-0.39, 0.29) is 5.91 Å². The minimum Gasteiger partial charge on any atom is -0.480 e. The van der Waals surface area contributed by atoms with Crippen LogP contribution >= 0.6 is 0 Å². The monoisotopic (exact) mass is 216 g/mol. The van der Waals surface area contributed by atoms with Crippen LogP contribution < -0.4 is 11.1 Å². The highest BCUT2D eigenvalue weighted by atomic mass is 16.4. The van der Waals surface area contributed by atoms with Gasteiger partial charge in [-0.15, -0.1) is 0 Å². The smallest absolute Gasteiger partial charge is 0.325 e. The van der Waals surface area contributed by atoms with Crippen molar-refractivity contribution >= 4 is 11.9 Å². The molecule has 0 heterocycles. The summed E-state index contributed by atoms with van der Waals surface area (Å²) in [7, 11) is 0. The number of aliphatic carboxylic acids is 1. The normalized spacial score (nSPS) is 12.1. The van der Waals surface area contributed by atoms with E-state index in [1.165, 1.54) is 6.92 Å². The zero-order chi connectivity index (χ0) is 11.7. The number of amides is 1. The molecular formula is C10H20N2O3. The van der Waals surface area contributed by atoms with Crippen LogP contribution in [0.15, 0.2) is 0 Å². The first-order chi connectivity index (χ1) is 7.07. The number of hydrogen-bond donors (Lipinski definition) is 3. The lowest BCUT2D eigenvalue weighted by Crippen LogP contribution is -2.38. The first kappa shape index (κ1) is 13.9. The van der Waals surface area contributed by atoms with Gasteiger partial charge in [0, 0.05) is 6.42 Å². The lowest BCUT2D eigenvalue weighted by atomic mass is 10.1. The van der Waals surface area contributed by atoms with Crippen molar-refractivity contribution in [3.05, 3.63) is 0 Å². The average Bonchev–Trinajstić information content (AvgIpc) is 2.17. The molecule has 0 aromatic heterocycles. The van der Waals surface area contributed by atoms with Crippen molar-refractivity contribution in [3.63, 3.8) is 0 Å². The summed E-state index contributed by atoms with van der Waals surface area (Å²) in [5, 5.41) is 11.0. The Bertz CT molecular complexity index is 207. The Morgan fingerprint density at radius 3 is 2.40 bits per heavy atom. The van der Waals surface area contributed by atoms with Gasteiger partial charge in [0.2, 0.25) is 5.91 Å². The fourth-order valence-corrected chi connectivity index (χ4v) is 1.16. The third-order valence-corrected chi connectivity index (χ3v) is 2.11. The highest BCUT2D eigenvalue weighted by molar-refractivity contribution is 5.83. The van der Waals surface area contributed by atoms with E-state index in [4.69, 9.17) is 10.8 Å². The summed E-state index contributed by atoms with van der Waals surface area (Å²) in [4.78, 5) is 21.6. The molecule has 0 rings (SSSR count). The van der Waals surface area contributed by atoms with Crippen LogP contribution in [0.1, 0.15) is 39.0 Å². The molecule has 1 amide bonds. The average molecular weight is 216 g/mol. The molecule has 1 unspecified atom stereocenters. The summed E-state index contributed by atoms with van der Waals surface area (Å²) in [6.07, 6.45) is 4.15. The maximum absolute atomic E-state index is 11.2. The second-order valence-electron chi connectivity index (χ2n) is 3.58. The molecule has 0 aliphatic heterocycles. The standard InChI is InChI=1S/C10H20N2O3/c1-8(10(14)15)12-9(13)6-4-2-3-5-7-11/h8H,2-7,11H2,1H3,(H,12,13)(H,14,15). The van der Waals surface area contributed by atoms with Crippen LogP contribution in [-0.4, -0.2) is 29.6 Å². The highest BCUT2D eigenvalue weighted by Crippen LogP contribution is 2.02. The molecule has 0 radical (unpaired) electrons. The summed E-state index contributed by atoms with van der Waals surface area (Å²) in [5.74, 6) is -1.20. The van der Waals surface area contributed by atoms with Gasteiger partial charge in [0.05, 0.1) is 0 Å². The number of carbonyl (C=O) groups is 2. The molecule has 0 spiro atoms. The summed E-state index contributed by atoms with van der Waals surface area (Å²) in [5.41, 5.74) is 5.33. The summed E-state index contributed by atoms with van der Waals surface area (Å²) < 4.78 is 0. The van der Waals surface area contributed by atoms with Crippen molar-refractivity contribution in [1.29, 1.82) is 0 Å². The second kappa shape index (κ2) is 8.23. The number of nitrogens with one attached hydrogen (secondary N) is 1. The SMILES string of the molecule is CC(NC(=O)CCCCCCN)C(=O)O. The van der Waals surface area contributed by atoms with Crippen molar-refractivity contribution in [3.8, 4) is 0 Å². The van der Waals surface area contributed by atoms with Gasteiger partial charge in [-0.3, -0.25) is 9.59 Å². The Hall–Kier alpha value is -1.10.